The second-order valence-corrected chi connectivity index (χ2v) is 8.13. The van der Waals surface area contributed by atoms with Gasteiger partial charge in [-0.25, -0.2) is 0 Å². The fourth-order valence-corrected chi connectivity index (χ4v) is 4.17. The van der Waals surface area contributed by atoms with E-state index in [1.165, 1.54) is 16.7 Å². The normalized spacial score (nSPS) is 22.3. The van der Waals surface area contributed by atoms with Crippen molar-refractivity contribution in [1.82, 2.24) is 15.1 Å². The third-order valence-corrected chi connectivity index (χ3v) is 6.02. The summed E-state index contributed by atoms with van der Waals surface area (Å²) in [6.45, 7) is 6.87. The maximum atomic E-state index is 13.0. The van der Waals surface area contributed by atoms with Crippen LogP contribution in [0.4, 0.5) is 0 Å². The van der Waals surface area contributed by atoms with Gasteiger partial charge in [-0.2, -0.15) is 0 Å². The van der Waals surface area contributed by atoms with E-state index in [4.69, 9.17) is 0 Å². The molecule has 0 saturated carbocycles. The van der Waals surface area contributed by atoms with E-state index in [9.17, 15) is 14.7 Å². The summed E-state index contributed by atoms with van der Waals surface area (Å²) in [7, 11) is 0. The zero-order chi connectivity index (χ0) is 20.5. The summed E-state index contributed by atoms with van der Waals surface area (Å²) >= 11 is 0. The summed E-state index contributed by atoms with van der Waals surface area (Å²) in [5, 5.41) is 12.3. The van der Waals surface area contributed by atoms with Crippen LogP contribution in [0, 0.1) is 13.8 Å². The summed E-state index contributed by atoms with van der Waals surface area (Å²) in [5.41, 5.74) is 4.68. The van der Waals surface area contributed by atoms with Crippen LogP contribution in [0.2, 0.25) is 0 Å². The molecule has 0 spiro atoms. The molecule has 2 fully saturated rings. The van der Waals surface area contributed by atoms with Gasteiger partial charge in [0.15, 0.2) is 0 Å². The molecule has 2 amide bonds. The summed E-state index contributed by atoms with van der Waals surface area (Å²) in [6.07, 6.45) is 0.431. The van der Waals surface area contributed by atoms with Crippen LogP contribution in [0.3, 0.4) is 0 Å². The second-order valence-electron chi connectivity index (χ2n) is 8.13. The Labute approximate surface area is 171 Å². The zero-order valence-electron chi connectivity index (χ0n) is 16.9. The minimum absolute atomic E-state index is 0.0199. The predicted octanol–water partition coefficient (Wildman–Crippen LogP) is 1.76. The number of rotatable bonds is 4. The number of hydrogen-bond acceptors (Lipinski definition) is 4. The number of piperazine rings is 2. The predicted molar refractivity (Wildman–Crippen MR) is 110 cm³/mol. The average molecular weight is 393 g/mol. The molecule has 0 radical (unpaired) electrons. The van der Waals surface area contributed by atoms with E-state index < -0.39 is 12.1 Å². The van der Waals surface area contributed by atoms with Gasteiger partial charge in [-0.15, -0.1) is 0 Å². The van der Waals surface area contributed by atoms with Crippen LogP contribution < -0.4 is 5.32 Å². The Bertz CT molecular complexity index is 925. The maximum absolute atomic E-state index is 13.0. The van der Waals surface area contributed by atoms with Crippen molar-refractivity contribution >= 4 is 11.8 Å². The molecule has 29 heavy (non-hydrogen) atoms. The minimum Gasteiger partial charge on any atom is -0.508 e. The molecule has 0 aromatic heterocycles. The van der Waals surface area contributed by atoms with E-state index >= 15 is 0 Å². The van der Waals surface area contributed by atoms with Crippen molar-refractivity contribution in [2.75, 3.05) is 19.6 Å². The van der Waals surface area contributed by atoms with Crippen LogP contribution in [0.15, 0.2) is 42.5 Å². The minimum atomic E-state index is -0.547. The number of hydrogen-bond donors (Lipinski definition) is 2. The maximum Gasteiger partial charge on any atom is 0.246 e. The van der Waals surface area contributed by atoms with Crippen LogP contribution >= 0.6 is 0 Å². The number of carbonyl (C=O) groups is 2. The molecule has 2 N–H and O–H groups in total. The molecule has 2 saturated heterocycles. The third kappa shape index (κ3) is 4.12. The summed E-state index contributed by atoms with van der Waals surface area (Å²) in [6, 6.07) is 12.2. The largest absolute Gasteiger partial charge is 0.508 e. The highest BCUT2D eigenvalue weighted by molar-refractivity contribution is 5.97. The second kappa shape index (κ2) is 7.87. The quantitative estimate of drug-likeness (QED) is 0.830. The van der Waals surface area contributed by atoms with Crippen molar-refractivity contribution in [2.24, 2.45) is 0 Å². The summed E-state index contributed by atoms with van der Waals surface area (Å²) in [5.74, 6) is 0.0828. The monoisotopic (exact) mass is 393 g/mol. The molecular weight excluding hydrogens is 366 g/mol. The molecule has 6 nitrogen and oxygen atoms in total. The number of carbonyl (C=O) groups excluding carboxylic acids is 2. The number of aryl methyl sites for hydroxylation is 2. The molecule has 2 aromatic rings. The van der Waals surface area contributed by atoms with E-state index in [2.05, 4.69) is 42.3 Å². The zero-order valence-corrected chi connectivity index (χ0v) is 16.9. The summed E-state index contributed by atoms with van der Waals surface area (Å²) < 4.78 is 0. The van der Waals surface area contributed by atoms with Gasteiger partial charge in [0.25, 0.3) is 0 Å². The van der Waals surface area contributed by atoms with Gasteiger partial charge in [0, 0.05) is 32.6 Å². The lowest BCUT2D eigenvalue weighted by molar-refractivity contribution is -0.153. The van der Waals surface area contributed by atoms with Gasteiger partial charge >= 0.3 is 0 Å². The van der Waals surface area contributed by atoms with Gasteiger partial charge in [-0.3, -0.25) is 14.5 Å². The molecule has 0 bridgehead atoms. The van der Waals surface area contributed by atoms with E-state index in [0.717, 1.165) is 18.7 Å². The number of aromatic hydroxyl groups is 1. The fraction of sp³-hybridized carbons (Fsp3) is 0.391. The molecule has 0 unspecified atom stereocenters. The molecule has 6 heteroatoms. The number of phenols is 1. The van der Waals surface area contributed by atoms with Gasteiger partial charge in [0.2, 0.25) is 11.8 Å². The number of fused-ring (bicyclic) bond motifs is 1. The molecule has 2 aliphatic rings. The smallest absolute Gasteiger partial charge is 0.246 e. The van der Waals surface area contributed by atoms with Crippen molar-refractivity contribution in [2.45, 2.75) is 38.9 Å². The number of amides is 2. The Kier molecular flexibility index (Phi) is 5.28. The fourth-order valence-electron chi connectivity index (χ4n) is 4.17. The SMILES string of the molecule is Cc1ccc(CN2CCN3C(=O)[C@H](Cc4ccc(O)cc4)NC(=O)[C@H]3C2)cc1C. The van der Waals surface area contributed by atoms with Gasteiger partial charge in [0.05, 0.1) is 0 Å². The van der Waals surface area contributed by atoms with Crippen molar-refractivity contribution < 1.29 is 14.7 Å². The first-order valence-corrected chi connectivity index (χ1v) is 10.1. The molecule has 2 aliphatic heterocycles. The Balaban J connectivity index is 1.41. The van der Waals surface area contributed by atoms with E-state index in [1.54, 1.807) is 29.2 Å². The Morgan fingerprint density at radius 2 is 1.72 bits per heavy atom. The number of nitrogens with zero attached hydrogens (tertiary/aromatic N) is 2. The van der Waals surface area contributed by atoms with Crippen molar-refractivity contribution in [3.05, 3.63) is 64.7 Å². The first-order valence-electron chi connectivity index (χ1n) is 10.1. The lowest BCUT2D eigenvalue weighted by Gasteiger charge is -2.45. The van der Waals surface area contributed by atoms with Gasteiger partial charge in [-0.05, 0) is 48.2 Å². The average Bonchev–Trinajstić information content (AvgIpc) is 2.70. The lowest BCUT2D eigenvalue weighted by Crippen LogP contribution is -2.69. The van der Waals surface area contributed by atoms with Crippen molar-refractivity contribution in [3.63, 3.8) is 0 Å². The highest BCUT2D eigenvalue weighted by atomic mass is 16.3. The number of phenolic OH excluding ortho intramolecular Hbond substituents is 1. The lowest BCUT2D eigenvalue weighted by atomic mass is 9.98. The topological polar surface area (TPSA) is 72.9 Å². The van der Waals surface area contributed by atoms with Gasteiger partial charge < -0.3 is 15.3 Å². The van der Waals surface area contributed by atoms with E-state index in [-0.39, 0.29) is 17.6 Å². The molecule has 152 valence electrons. The molecule has 2 aromatic carbocycles. The van der Waals surface area contributed by atoms with Crippen LogP contribution in [0.5, 0.6) is 5.75 Å². The molecule has 2 atom stereocenters. The van der Waals surface area contributed by atoms with E-state index in [0.29, 0.717) is 19.5 Å². The first-order chi connectivity index (χ1) is 13.9. The summed E-state index contributed by atoms with van der Waals surface area (Å²) in [4.78, 5) is 29.7. The van der Waals surface area contributed by atoms with Crippen LogP contribution in [-0.2, 0) is 22.6 Å². The van der Waals surface area contributed by atoms with E-state index in [1.807, 2.05) is 0 Å². The first kappa shape index (κ1) is 19.5. The molecule has 0 aliphatic carbocycles. The van der Waals surface area contributed by atoms with Crippen molar-refractivity contribution in [1.29, 1.82) is 0 Å². The Morgan fingerprint density at radius 3 is 2.45 bits per heavy atom. The Morgan fingerprint density at radius 1 is 1.00 bits per heavy atom. The van der Waals surface area contributed by atoms with Crippen LogP contribution in [-0.4, -0.2) is 58.4 Å². The van der Waals surface area contributed by atoms with Crippen LogP contribution in [0.25, 0.3) is 0 Å². The molecule has 2 heterocycles. The van der Waals surface area contributed by atoms with Crippen LogP contribution in [0.1, 0.15) is 22.3 Å². The molecule has 4 rings (SSSR count). The van der Waals surface area contributed by atoms with Crippen molar-refractivity contribution in [3.8, 4) is 5.75 Å². The molecular formula is C23H27N3O3. The number of benzene rings is 2. The third-order valence-electron chi connectivity index (χ3n) is 6.02. The number of nitrogens with one attached hydrogen (secondary N) is 1. The Hall–Kier alpha value is -2.86. The van der Waals surface area contributed by atoms with Gasteiger partial charge in [0.1, 0.15) is 17.8 Å². The van der Waals surface area contributed by atoms with Gasteiger partial charge in [-0.1, -0.05) is 30.3 Å². The highest BCUT2D eigenvalue weighted by Gasteiger charge is 2.43. The highest BCUT2D eigenvalue weighted by Crippen LogP contribution is 2.21. The standard InChI is InChI=1S/C23H27N3O3/c1-15-3-4-18(11-16(15)2)13-25-9-10-26-21(14-25)22(28)24-20(23(26)29)12-17-5-7-19(27)8-6-17/h3-8,11,20-21,27H,9-10,12-14H2,1-2H3,(H,24,28)/t20-,21+/m0/s1.